The van der Waals surface area contributed by atoms with Gasteiger partial charge < -0.3 is 24.4 Å². The summed E-state index contributed by atoms with van der Waals surface area (Å²) in [6.07, 6.45) is 7.01. The van der Waals surface area contributed by atoms with Crippen LogP contribution in [0.1, 0.15) is 25.6 Å². The van der Waals surface area contributed by atoms with Gasteiger partial charge in [0.25, 0.3) is 0 Å². The number of hydrogen-bond donors (Lipinski definition) is 1. The lowest BCUT2D eigenvalue weighted by atomic mass is 10.2. The molecular formula is C22H29N9O2. The molecule has 5 rings (SSSR count). The first-order valence-electron chi connectivity index (χ1n) is 11.4. The lowest BCUT2D eigenvalue weighted by Gasteiger charge is -2.24. The van der Waals surface area contributed by atoms with Crippen LogP contribution in [0.5, 0.6) is 0 Å². The molecule has 2 amide bonds. The highest BCUT2D eigenvalue weighted by Gasteiger charge is 2.33. The summed E-state index contributed by atoms with van der Waals surface area (Å²) < 4.78 is 7.44. The fourth-order valence-corrected chi connectivity index (χ4v) is 4.61. The molecule has 11 heteroatoms. The average molecular weight is 452 g/mol. The Labute approximate surface area is 192 Å². The number of ether oxygens (including phenoxy) is 1. The van der Waals surface area contributed by atoms with Crippen molar-refractivity contribution in [1.29, 1.82) is 0 Å². The molecular weight excluding hydrogens is 422 g/mol. The van der Waals surface area contributed by atoms with Crippen molar-refractivity contribution in [1.82, 2.24) is 39.3 Å². The molecule has 0 aromatic carbocycles. The number of aryl methyl sites for hydroxylation is 2. The van der Waals surface area contributed by atoms with E-state index in [1.807, 2.05) is 21.3 Å². The minimum absolute atomic E-state index is 0.0867. The Morgan fingerprint density at radius 3 is 2.61 bits per heavy atom. The minimum Gasteiger partial charge on any atom is -0.380 e. The Bertz CT molecular complexity index is 1150. The van der Waals surface area contributed by atoms with Gasteiger partial charge in [-0.15, -0.1) is 0 Å². The van der Waals surface area contributed by atoms with Gasteiger partial charge in [-0.2, -0.15) is 0 Å². The number of carbonyl (C=O) groups excluding carboxylic acids is 1. The molecule has 0 spiro atoms. The summed E-state index contributed by atoms with van der Waals surface area (Å²) >= 11 is 0. The van der Waals surface area contributed by atoms with Crippen LogP contribution in [0.25, 0.3) is 22.6 Å². The Kier molecular flexibility index (Phi) is 5.79. The third-order valence-electron chi connectivity index (χ3n) is 6.44. The molecule has 3 aromatic heterocycles. The van der Waals surface area contributed by atoms with Crippen LogP contribution in [0.4, 0.5) is 10.6 Å². The van der Waals surface area contributed by atoms with E-state index in [2.05, 4.69) is 32.2 Å². The van der Waals surface area contributed by atoms with Gasteiger partial charge in [0, 0.05) is 58.3 Å². The molecule has 5 heterocycles. The van der Waals surface area contributed by atoms with Gasteiger partial charge in [-0.3, -0.25) is 0 Å². The molecule has 11 nitrogen and oxygen atoms in total. The number of carbonyl (C=O) groups is 1. The van der Waals surface area contributed by atoms with Crippen LogP contribution < -0.4 is 5.32 Å². The number of urea groups is 1. The van der Waals surface area contributed by atoms with Crippen LogP contribution in [0.3, 0.4) is 0 Å². The van der Waals surface area contributed by atoms with Crippen LogP contribution in [0, 0.1) is 6.92 Å². The number of nitrogens with one attached hydrogen (secondary N) is 1. The largest absolute Gasteiger partial charge is 0.380 e. The molecule has 2 saturated heterocycles. The molecule has 2 aliphatic rings. The summed E-state index contributed by atoms with van der Waals surface area (Å²) in [5.41, 5.74) is 2.31. The van der Waals surface area contributed by atoms with Gasteiger partial charge in [0.05, 0.1) is 11.7 Å². The molecule has 1 N–H and O–H groups in total. The quantitative estimate of drug-likeness (QED) is 0.626. The van der Waals surface area contributed by atoms with Crippen molar-refractivity contribution in [2.45, 2.75) is 45.4 Å². The normalized spacial score (nSPS) is 20.7. The van der Waals surface area contributed by atoms with Crippen molar-refractivity contribution in [2.24, 2.45) is 0 Å². The number of methoxy groups -OCH3 is 1. The Morgan fingerprint density at radius 2 is 1.88 bits per heavy atom. The molecule has 2 unspecified atom stereocenters. The lowest BCUT2D eigenvalue weighted by Crippen LogP contribution is -2.42. The van der Waals surface area contributed by atoms with E-state index in [-0.39, 0.29) is 18.2 Å². The van der Waals surface area contributed by atoms with Gasteiger partial charge in [-0.05, 0) is 26.7 Å². The van der Waals surface area contributed by atoms with E-state index in [1.165, 1.54) is 0 Å². The van der Waals surface area contributed by atoms with Crippen LogP contribution in [0.15, 0.2) is 18.7 Å². The molecule has 0 aliphatic carbocycles. The summed E-state index contributed by atoms with van der Waals surface area (Å²) in [6.45, 7) is 7.38. The first-order valence-corrected chi connectivity index (χ1v) is 11.4. The highest BCUT2D eigenvalue weighted by molar-refractivity contribution is 5.86. The second-order valence-corrected chi connectivity index (χ2v) is 8.54. The predicted molar refractivity (Wildman–Crippen MR) is 123 cm³/mol. The van der Waals surface area contributed by atoms with E-state index in [1.54, 1.807) is 25.8 Å². The van der Waals surface area contributed by atoms with Gasteiger partial charge in [0.1, 0.15) is 18.0 Å². The number of hydrogen-bond acceptors (Lipinski definition) is 8. The zero-order chi connectivity index (χ0) is 22.9. The molecule has 33 heavy (non-hydrogen) atoms. The van der Waals surface area contributed by atoms with Gasteiger partial charge in [-0.25, -0.2) is 29.7 Å². The van der Waals surface area contributed by atoms with Crippen LogP contribution in [0.2, 0.25) is 0 Å². The summed E-state index contributed by atoms with van der Waals surface area (Å²) in [7, 11) is 1.70. The van der Waals surface area contributed by atoms with E-state index in [0.717, 1.165) is 36.4 Å². The molecule has 0 saturated carbocycles. The van der Waals surface area contributed by atoms with Crippen molar-refractivity contribution in [3.63, 3.8) is 0 Å². The number of imidazole rings is 1. The highest BCUT2D eigenvalue weighted by atomic mass is 16.5. The first kappa shape index (κ1) is 21.5. The number of likely N-dealkylation sites (tertiary alicyclic amines) is 2. The van der Waals surface area contributed by atoms with Crippen molar-refractivity contribution in [3.05, 3.63) is 24.5 Å². The summed E-state index contributed by atoms with van der Waals surface area (Å²) in [5, 5.41) is 3.51. The average Bonchev–Trinajstić information content (AvgIpc) is 3.57. The maximum Gasteiger partial charge on any atom is 0.320 e. The standard InChI is InChI=1S/C22H29N9O2/c1-4-31-20(15-9-23-14(2)24-10-15)28-18-19(25-13-26-21(18)31)27-16-5-7-29(11-16)22(32)30-8-6-17(12-30)33-3/h9-10,13,16-17H,4-8,11-12H2,1-3H3,(H,25,26,27). The van der Waals surface area contributed by atoms with E-state index >= 15 is 0 Å². The third-order valence-corrected chi connectivity index (χ3v) is 6.44. The maximum absolute atomic E-state index is 12.9. The zero-order valence-corrected chi connectivity index (χ0v) is 19.2. The molecule has 174 valence electrons. The van der Waals surface area contributed by atoms with Crippen molar-refractivity contribution in [3.8, 4) is 11.4 Å². The Morgan fingerprint density at radius 1 is 1.12 bits per heavy atom. The molecule has 2 fully saturated rings. The topological polar surface area (TPSA) is 114 Å². The minimum atomic E-state index is 0.0867. The number of rotatable bonds is 5. The molecule has 0 bridgehead atoms. The van der Waals surface area contributed by atoms with Crippen LogP contribution in [-0.2, 0) is 11.3 Å². The predicted octanol–water partition coefficient (Wildman–Crippen LogP) is 1.94. The molecule has 2 atom stereocenters. The van der Waals surface area contributed by atoms with Crippen LogP contribution >= 0.6 is 0 Å². The van der Waals surface area contributed by atoms with E-state index in [0.29, 0.717) is 43.3 Å². The lowest BCUT2D eigenvalue weighted by molar-refractivity contribution is 0.106. The second kappa shape index (κ2) is 8.89. The van der Waals surface area contributed by atoms with Crippen LogP contribution in [-0.4, -0.2) is 90.8 Å². The summed E-state index contributed by atoms with van der Waals surface area (Å²) in [4.78, 5) is 39.1. The number of amides is 2. The van der Waals surface area contributed by atoms with Gasteiger partial charge in [0.2, 0.25) is 0 Å². The monoisotopic (exact) mass is 451 g/mol. The Balaban J connectivity index is 1.34. The van der Waals surface area contributed by atoms with E-state index in [4.69, 9.17) is 9.72 Å². The van der Waals surface area contributed by atoms with Crippen molar-refractivity contribution < 1.29 is 9.53 Å². The smallest absolute Gasteiger partial charge is 0.320 e. The fraction of sp³-hybridized carbons (Fsp3) is 0.545. The SMILES string of the molecule is CCn1c(-c2cnc(C)nc2)nc2c(NC3CCN(C(=O)N4CCC(OC)C4)C3)ncnc21. The third kappa shape index (κ3) is 4.08. The number of anilines is 1. The van der Waals surface area contributed by atoms with Gasteiger partial charge >= 0.3 is 6.03 Å². The molecule has 0 radical (unpaired) electrons. The highest BCUT2D eigenvalue weighted by Crippen LogP contribution is 2.27. The van der Waals surface area contributed by atoms with Crippen molar-refractivity contribution in [2.75, 3.05) is 38.6 Å². The zero-order valence-electron chi connectivity index (χ0n) is 19.2. The Hall–Kier alpha value is -3.34. The van der Waals surface area contributed by atoms with Crippen molar-refractivity contribution >= 4 is 23.0 Å². The maximum atomic E-state index is 12.9. The number of nitrogens with zero attached hydrogens (tertiary/aromatic N) is 8. The van der Waals surface area contributed by atoms with Gasteiger partial charge in [-0.1, -0.05) is 0 Å². The summed E-state index contributed by atoms with van der Waals surface area (Å²) in [6, 6.07) is 0.189. The van der Waals surface area contributed by atoms with E-state index in [9.17, 15) is 4.79 Å². The molecule has 2 aliphatic heterocycles. The first-order chi connectivity index (χ1) is 16.1. The van der Waals surface area contributed by atoms with E-state index < -0.39 is 0 Å². The number of fused-ring (bicyclic) bond motifs is 1. The van der Waals surface area contributed by atoms with Gasteiger partial charge in [0.15, 0.2) is 17.0 Å². The second-order valence-electron chi connectivity index (χ2n) is 8.54. The fourth-order valence-electron chi connectivity index (χ4n) is 4.61. The number of aromatic nitrogens is 6. The molecule has 3 aromatic rings. The summed E-state index contributed by atoms with van der Waals surface area (Å²) in [5.74, 6) is 2.16.